The summed E-state index contributed by atoms with van der Waals surface area (Å²) in [6.07, 6.45) is 4.23. The zero-order chi connectivity index (χ0) is 4.41. The van der Waals surface area contributed by atoms with E-state index in [2.05, 4.69) is 10.7 Å². The van der Waals surface area contributed by atoms with Crippen molar-refractivity contribution in [1.82, 2.24) is 0 Å². The molecule has 7 heavy (non-hydrogen) atoms. The Kier molecular flexibility index (Phi) is 3.51. The minimum atomic E-state index is 0. The molecule has 2 heteroatoms. The van der Waals surface area contributed by atoms with Crippen LogP contribution in [0.4, 0.5) is 0 Å². The fourth-order valence-electron chi connectivity index (χ4n) is 0.297. The van der Waals surface area contributed by atoms with Crippen LogP contribution in [0.1, 0.15) is 5.56 Å². The zero-order valence-electron chi connectivity index (χ0n) is 4.06. The molecule has 0 saturated heterocycles. The van der Waals surface area contributed by atoms with Crippen LogP contribution < -0.4 is 0 Å². The Bertz CT molecular complexity index is 112. The fraction of sp³-hybridized carbons (Fsp3) is 0.200. The maximum absolute atomic E-state index is 4.59. The summed E-state index contributed by atoms with van der Waals surface area (Å²) in [4.78, 5) is 0. The van der Waals surface area contributed by atoms with Gasteiger partial charge in [0, 0.05) is 31.1 Å². The van der Waals surface area contributed by atoms with Crippen molar-refractivity contribution < 1.29 is 35.5 Å². The zero-order valence-corrected chi connectivity index (χ0v) is 8.23. The van der Waals surface area contributed by atoms with E-state index in [1.807, 2.05) is 13.0 Å². The van der Waals surface area contributed by atoms with Gasteiger partial charge in [0.05, 0.1) is 0 Å². The van der Waals surface area contributed by atoms with E-state index in [4.69, 9.17) is 0 Å². The number of rotatable bonds is 0. The average molecular weight is 319 g/mol. The van der Waals surface area contributed by atoms with E-state index >= 15 is 0 Å². The van der Waals surface area contributed by atoms with E-state index in [9.17, 15) is 0 Å². The Hall–Kier alpha value is 0.332. The second-order valence-corrected chi connectivity index (χ2v) is 1.21. The number of aryl methyl sites for hydroxylation is 1. The van der Waals surface area contributed by atoms with E-state index in [1.54, 1.807) is 6.26 Å². The predicted molar refractivity (Wildman–Crippen MR) is 22.3 cm³/mol. The van der Waals surface area contributed by atoms with Crippen molar-refractivity contribution >= 4 is 0 Å². The summed E-state index contributed by atoms with van der Waals surface area (Å²) < 4.78 is 4.59. The Labute approximate surface area is 66.5 Å². The van der Waals surface area contributed by atoms with Crippen molar-refractivity contribution in [1.29, 1.82) is 0 Å². The second kappa shape index (κ2) is 3.35. The first-order valence-corrected chi connectivity index (χ1v) is 1.81. The summed E-state index contributed by atoms with van der Waals surface area (Å²) in [5.41, 5.74) is 1.05. The van der Waals surface area contributed by atoms with Crippen LogP contribution in [0.2, 0.25) is 0 Å². The quantitative estimate of drug-likeness (QED) is 0.659. The van der Waals surface area contributed by atoms with Gasteiger partial charge in [0.25, 0.3) is 0 Å². The van der Waals surface area contributed by atoms with E-state index in [0.717, 1.165) is 5.56 Å². The van der Waals surface area contributed by atoms with Crippen molar-refractivity contribution in [2.75, 3.05) is 0 Å². The largest absolute Gasteiger partial charge is 0.599 e. The molecule has 1 aromatic heterocycles. The van der Waals surface area contributed by atoms with Gasteiger partial charge in [-0.3, -0.25) is 0 Å². The first-order valence-electron chi connectivity index (χ1n) is 1.81. The fourth-order valence-corrected chi connectivity index (χ4v) is 0.297. The van der Waals surface area contributed by atoms with Crippen LogP contribution in [-0.4, -0.2) is 0 Å². The Morgan fingerprint density at radius 3 is 2.57 bits per heavy atom. The van der Waals surface area contributed by atoms with Gasteiger partial charge in [-0.15, -0.1) is 5.56 Å². The molecule has 0 aliphatic rings. The van der Waals surface area contributed by atoms with Crippen molar-refractivity contribution in [3.8, 4) is 0 Å². The summed E-state index contributed by atoms with van der Waals surface area (Å²) in [6, 6.07) is 1.86. The molecule has 0 fully saturated rings. The van der Waals surface area contributed by atoms with Gasteiger partial charge >= 0.3 is 0 Å². The molecule has 0 radical (unpaired) electrons. The minimum Gasteiger partial charge on any atom is -0.599 e. The third kappa shape index (κ3) is 2.21. The van der Waals surface area contributed by atoms with Crippen molar-refractivity contribution in [2.24, 2.45) is 0 Å². The van der Waals surface area contributed by atoms with Crippen LogP contribution in [0.3, 0.4) is 0 Å². The monoisotopic (exact) mass is 319 g/mol. The van der Waals surface area contributed by atoms with E-state index in [1.165, 1.54) is 0 Å². The molecule has 1 heterocycles. The van der Waals surface area contributed by atoms with Crippen LogP contribution >= 0.6 is 0 Å². The van der Waals surface area contributed by atoms with Crippen LogP contribution in [-0.2, 0) is 0 Å². The molecule has 0 N–H and O–H groups in total. The molecule has 1 nitrogen and oxygen atoms in total. The summed E-state index contributed by atoms with van der Waals surface area (Å²) in [7, 11) is 0. The second-order valence-electron chi connectivity index (χ2n) is 1.21. The average Bonchev–Trinajstić information content (AvgIpc) is 1.86. The van der Waals surface area contributed by atoms with Gasteiger partial charge < -0.3 is 4.42 Å². The summed E-state index contributed by atoms with van der Waals surface area (Å²) in [5.74, 6) is 0. The molecule has 0 amide bonds. The van der Waals surface area contributed by atoms with Gasteiger partial charge in [-0.2, -0.15) is 6.07 Å². The topological polar surface area (TPSA) is 13.1 Å². The molecule has 0 aliphatic heterocycles. The first-order chi connectivity index (χ1) is 2.89. The Morgan fingerprint density at radius 2 is 2.43 bits per heavy atom. The van der Waals surface area contributed by atoms with Crippen LogP contribution in [0.5, 0.6) is 0 Å². The molecule has 36 valence electrons. The van der Waals surface area contributed by atoms with E-state index < -0.39 is 0 Å². The summed E-state index contributed by atoms with van der Waals surface area (Å²) in [6.45, 7) is 1.93. The van der Waals surface area contributed by atoms with Crippen molar-refractivity contribution in [3.05, 3.63) is 24.2 Å². The van der Waals surface area contributed by atoms with Crippen molar-refractivity contribution in [2.45, 2.75) is 6.92 Å². The molecule has 0 aromatic carbocycles. The number of furan rings is 1. The maximum atomic E-state index is 4.59. The van der Waals surface area contributed by atoms with Gasteiger partial charge in [0.15, 0.2) is 0 Å². The molecule has 0 saturated carbocycles. The minimum absolute atomic E-state index is 0. The number of hydrogen-bond acceptors (Lipinski definition) is 1. The standard InChI is InChI=1S/C5H5O.U/c1-5-2-3-6-4-5;/h2-3H,1H3;/q-1;. The molecule has 0 unspecified atom stereocenters. The molecule has 0 spiro atoms. The number of hydrogen-bond donors (Lipinski definition) is 0. The van der Waals surface area contributed by atoms with Gasteiger partial charge in [-0.05, 0) is 6.26 Å². The third-order valence-electron chi connectivity index (χ3n) is 0.606. The predicted octanol–water partition coefficient (Wildman–Crippen LogP) is 1.39. The Morgan fingerprint density at radius 1 is 1.71 bits per heavy atom. The van der Waals surface area contributed by atoms with Crippen molar-refractivity contribution in [3.63, 3.8) is 0 Å². The summed E-state index contributed by atoms with van der Waals surface area (Å²) >= 11 is 0. The smallest absolute Gasteiger partial charge is 0 e. The van der Waals surface area contributed by atoms with Gasteiger partial charge in [-0.1, -0.05) is 13.2 Å². The third-order valence-corrected chi connectivity index (χ3v) is 0.606. The van der Waals surface area contributed by atoms with Crippen LogP contribution in [0, 0.1) is 44.3 Å². The van der Waals surface area contributed by atoms with Gasteiger partial charge in [-0.25, -0.2) is 0 Å². The normalized spacial score (nSPS) is 7.57. The molecular weight excluding hydrogens is 314 g/mol. The summed E-state index contributed by atoms with van der Waals surface area (Å²) in [5, 5.41) is 0. The maximum Gasteiger partial charge on any atom is 0 e. The van der Waals surface area contributed by atoms with Gasteiger partial charge in [0.2, 0.25) is 0 Å². The molecule has 0 atom stereocenters. The molecule has 1 rings (SSSR count). The molecule has 0 aliphatic carbocycles. The van der Waals surface area contributed by atoms with Crippen LogP contribution in [0.25, 0.3) is 0 Å². The van der Waals surface area contributed by atoms with Crippen LogP contribution in [0.15, 0.2) is 16.7 Å². The molecule has 1 aromatic rings. The van der Waals surface area contributed by atoms with Gasteiger partial charge in [0.1, 0.15) is 0 Å². The van der Waals surface area contributed by atoms with E-state index in [0.29, 0.717) is 0 Å². The SMILES string of the molecule is Cc1[c-]occ1.[U]. The Balaban J connectivity index is 0.000000360. The molecular formula is C5H5OU-. The first kappa shape index (κ1) is 7.33. The van der Waals surface area contributed by atoms with E-state index in [-0.39, 0.29) is 31.1 Å². The molecule has 0 bridgehead atoms.